The maximum Gasteiger partial charge on any atom is 0.0465 e. The Bertz CT molecular complexity index is 549. The Morgan fingerprint density at radius 3 is 2.37 bits per heavy atom. The van der Waals surface area contributed by atoms with Crippen molar-refractivity contribution in [1.29, 1.82) is 0 Å². The van der Waals surface area contributed by atoms with Gasteiger partial charge in [0.1, 0.15) is 0 Å². The molecule has 0 fully saturated rings. The largest absolute Gasteiger partial charge is 0.344 e. The number of halogens is 1. The van der Waals surface area contributed by atoms with Crippen molar-refractivity contribution in [3.05, 3.63) is 58.1 Å². The summed E-state index contributed by atoms with van der Waals surface area (Å²) in [5.41, 5.74) is 10.6. The van der Waals surface area contributed by atoms with Gasteiger partial charge >= 0.3 is 0 Å². The van der Waals surface area contributed by atoms with Crippen molar-refractivity contribution in [2.24, 2.45) is 5.73 Å². The second kappa shape index (κ2) is 6.22. The summed E-state index contributed by atoms with van der Waals surface area (Å²) < 4.78 is 1.06. The number of hydrogen-bond acceptors (Lipinski definition) is 2. The van der Waals surface area contributed by atoms with Gasteiger partial charge in [-0.05, 0) is 36.2 Å². The number of benzene rings is 2. The average molecular weight is 319 g/mol. The third-order valence-electron chi connectivity index (χ3n) is 3.39. The predicted octanol–water partition coefficient (Wildman–Crippen LogP) is 4.24. The fraction of sp³-hybridized carbons (Fsp3) is 0.250. The average Bonchev–Trinajstić information content (AvgIpc) is 2.46. The van der Waals surface area contributed by atoms with Gasteiger partial charge in [-0.15, -0.1) is 0 Å². The van der Waals surface area contributed by atoms with Crippen molar-refractivity contribution >= 4 is 27.3 Å². The minimum absolute atomic E-state index is 0.522. The van der Waals surface area contributed by atoms with Gasteiger partial charge in [0.05, 0.1) is 0 Å². The van der Waals surface area contributed by atoms with Crippen LogP contribution in [0.1, 0.15) is 18.1 Å². The van der Waals surface area contributed by atoms with E-state index >= 15 is 0 Å². The summed E-state index contributed by atoms with van der Waals surface area (Å²) in [6.07, 6.45) is 1.06. The maximum absolute atomic E-state index is 5.86. The Labute approximate surface area is 123 Å². The van der Waals surface area contributed by atoms with Crippen LogP contribution in [0.3, 0.4) is 0 Å². The van der Waals surface area contributed by atoms with Crippen LogP contribution >= 0.6 is 15.9 Å². The molecule has 0 aliphatic heterocycles. The first kappa shape index (κ1) is 14.1. The number of aryl methyl sites for hydroxylation is 1. The predicted molar refractivity (Wildman–Crippen MR) is 85.9 cm³/mol. The monoisotopic (exact) mass is 318 g/mol. The van der Waals surface area contributed by atoms with Gasteiger partial charge in [-0.1, -0.05) is 41.1 Å². The zero-order valence-electron chi connectivity index (χ0n) is 11.4. The number of nitrogens with two attached hydrogens (primary N) is 1. The molecule has 0 amide bonds. The summed E-state index contributed by atoms with van der Waals surface area (Å²) in [7, 11) is 2.07. The van der Waals surface area contributed by atoms with E-state index in [1.54, 1.807) is 0 Å². The van der Waals surface area contributed by atoms with Gasteiger partial charge in [0, 0.05) is 35.0 Å². The zero-order valence-corrected chi connectivity index (χ0v) is 12.9. The number of anilines is 2. The molecule has 0 saturated heterocycles. The molecule has 2 aromatic carbocycles. The molecule has 0 aliphatic rings. The van der Waals surface area contributed by atoms with E-state index in [-0.39, 0.29) is 0 Å². The third kappa shape index (κ3) is 2.99. The first-order valence-corrected chi connectivity index (χ1v) is 7.26. The molecule has 19 heavy (non-hydrogen) atoms. The minimum atomic E-state index is 0.522. The number of nitrogens with zero attached hydrogens (tertiary/aromatic N) is 1. The highest BCUT2D eigenvalue weighted by atomic mass is 79.9. The number of rotatable bonds is 4. The van der Waals surface area contributed by atoms with Crippen molar-refractivity contribution < 1.29 is 0 Å². The van der Waals surface area contributed by atoms with Crippen LogP contribution in [0.4, 0.5) is 11.4 Å². The first-order valence-electron chi connectivity index (χ1n) is 6.47. The van der Waals surface area contributed by atoms with Gasteiger partial charge in [0.15, 0.2) is 0 Å². The van der Waals surface area contributed by atoms with Gasteiger partial charge < -0.3 is 10.6 Å². The van der Waals surface area contributed by atoms with Crippen molar-refractivity contribution in [2.75, 3.05) is 11.9 Å². The van der Waals surface area contributed by atoms with Crippen LogP contribution in [0.5, 0.6) is 0 Å². The standard InChI is InChI=1S/C16H19BrN2/c1-3-12-7-9-13(10-8-12)19(2)16-6-4-5-15(17)14(16)11-18/h4-10H,3,11,18H2,1-2H3. The molecule has 2 nitrogen and oxygen atoms in total. The lowest BCUT2D eigenvalue weighted by atomic mass is 10.1. The Balaban J connectivity index is 2.37. The van der Waals surface area contributed by atoms with Crippen molar-refractivity contribution in [3.8, 4) is 0 Å². The molecule has 2 N–H and O–H groups in total. The lowest BCUT2D eigenvalue weighted by molar-refractivity contribution is 1.04. The number of hydrogen-bond donors (Lipinski definition) is 1. The highest BCUT2D eigenvalue weighted by Gasteiger charge is 2.10. The van der Waals surface area contributed by atoms with E-state index in [1.807, 2.05) is 12.1 Å². The molecular formula is C16H19BrN2. The molecule has 0 spiro atoms. The van der Waals surface area contributed by atoms with Crippen LogP contribution in [0.25, 0.3) is 0 Å². The molecule has 0 unspecified atom stereocenters. The van der Waals surface area contributed by atoms with E-state index < -0.39 is 0 Å². The van der Waals surface area contributed by atoms with Gasteiger partial charge in [-0.2, -0.15) is 0 Å². The fourth-order valence-electron chi connectivity index (χ4n) is 2.16. The smallest absolute Gasteiger partial charge is 0.0465 e. The van der Waals surface area contributed by atoms with Crippen molar-refractivity contribution in [1.82, 2.24) is 0 Å². The van der Waals surface area contributed by atoms with Crippen LogP contribution < -0.4 is 10.6 Å². The third-order valence-corrected chi connectivity index (χ3v) is 4.13. The Kier molecular flexibility index (Phi) is 4.61. The Hall–Kier alpha value is -1.32. The Morgan fingerprint density at radius 1 is 1.11 bits per heavy atom. The maximum atomic E-state index is 5.86. The summed E-state index contributed by atoms with van der Waals surface area (Å²) in [4.78, 5) is 2.17. The summed E-state index contributed by atoms with van der Waals surface area (Å²) in [5, 5.41) is 0. The topological polar surface area (TPSA) is 29.3 Å². The van der Waals surface area contributed by atoms with E-state index in [0.29, 0.717) is 6.54 Å². The summed E-state index contributed by atoms with van der Waals surface area (Å²) in [6.45, 7) is 2.69. The van der Waals surface area contributed by atoms with Crippen molar-refractivity contribution in [3.63, 3.8) is 0 Å². The Morgan fingerprint density at radius 2 is 1.79 bits per heavy atom. The minimum Gasteiger partial charge on any atom is -0.344 e. The molecule has 0 atom stereocenters. The van der Waals surface area contributed by atoms with Crippen molar-refractivity contribution in [2.45, 2.75) is 19.9 Å². The second-order valence-corrected chi connectivity index (χ2v) is 5.37. The molecule has 0 aliphatic carbocycles. The van der Waals surface area contributed by atoms with Crippen LogP contribution in [-0.2, 0) is 13.0 Å². The first-order chi connectivity index (χ1) is 9.17. The summed E-state index contributed by atoms with van der Waals surface area (Å²) in [6, 6.07) is 14.8. The van der Waals surface area contributed by atoms with E-state index in [9.17, 15) is 0 Å². The SMILES string of the molecule is CCc1ccc(N(C)c2cccc(Br)c2CN)cc1. The molecule has 0 radical (unpaired) electrons. The molecule has 0 bridgehead atoms. The molecule has 100 valence electrons. The highest BCUT2D eigenvalue weighted by molar-refractivity contribution is 9.10. The highest BCUT2D eigenvalue weighted by Crippen LogP contribution is 2.31. The fourth-order valence-corrected chi connectivity index (χ4v) is 2.68. The normalized spacial score (nSPS) is 10.5. The van der Waals surface area contributed by atoms with Gasteiger partial charge in [0.25, 0.3) is 0 Å². The van der Waals surface area contributed by atoms with Crippen LogP contribution in [0.15, 0.2) is 46.9 Å². The van der Waals surface area contributed by atoms with E-state index in [0.717, 1.165) is 22.1 Å². The quantitative estimate of drug-likeness (QED) is 0.913. The van der Waals surface area contributed by atoms with E-state index in [1.165, 1.54) is 11.3 Å². The summed E-state index contributed by atoms with van der Waals surface area (Å²) >= 11 is 3.56. The molecule has 0 saturated carbocycles. The molecule has 0 aromatic heterocycles. The van der Waals surface area contributed by atoms with Gasteiger partial charge in [-0.3, -0.25) is 0 Å². The molecule has 2 rings (SSSR count). The summed E-state index contributed by atoms with van der Waals surface area (Å²) in [5.74, 6) is 0. The zero-order chi connectivity index (χ0) is 13.8. The second-order valence-electron chi connectivity index (χ2n) is 4.52. The van der Waals surface area contributed by atoms with Gasteiger partial charge in [0.2, 0.25) is 0 Å². The molecule has 0 heterocycles. The van der Waals surface area contributed by atoms with Crippen LogP contribution in [0.2, 0.25) is 0 Å². The molecular weight excluding hydrogens is 300 g/mol. The lowest BCUT2D eigenvalue weighted by Crippen LogP contribution is -2.13. The van der Waals surface area contributed by atoms with Crippen LogP contribution in [-0.4, -0.2) is 7.05 Å². The lowest BCUT2D eigenvalue weighted by Gasteiger charge is -2.23. The van der Waals surface area contributed by atoms with E-state index in [4.69, 9.17) is 5.73 Å². The van der Waals surface area contributed by atoms with E-state index in [2.05, 4.69) is 65.1 Å². The molecule has 3 heteroatoms. The van der Waals surface area contributed by atoms with Gasteiger partial charge in [-0.25, -0.2) is 0 Å². The van der Waals surface area contributed by atoms with Crippen LogP contribution in [0, 0.1) is 0 Å². The molecule has 2 aromatic rings.